The molecule has 0 aliphatic rings. The Hall–Kier alpha value is -2.56. The Morgan fingerprint density at radius 2 is 1.96 bits per heavy atom. The van der Waals surface area contributed by atoms with Gasteiger partial charge in [-0.2, -0.15) is 0 Å². The van der Waals surface area contributed by atoms with Gasteiger partial charge in [-0.1, -0.05) is 11.6 Å². The maximum Gasteiger partial charge on any atom is 0.278 e. The van der Waals surface area contributed by atoms with E-state index in [9.17, 15) is 13.2 Å². The third kappa shape index (κ3) is 5.98. The van der Waals surface area contributed by atoms with E-state index in [0.29, 0.717) is 17.1 Å². The van der Waals surface area contributed by atoms with Crippen LogP contribution in [-0.4, -0.2) is 39.3 Å². The first kappa shape index (κ1) is 20.7. The molecule has 27 heavy (non-hydrogen) atoms. The fourth-order valence-electron chi connectivity index (χ4n) is 2.10. The summed E-state index contributed by atoms with van der Waals surface area (Å²) in [5.41, 5.74) is 3.37. The molecule has 0 radical (unpaired) electrons. The summed E-state index contributed by atoms with van der Waals surface area (Å²) in [4.78, 5) is 21.1. The monoisotopic (exact) mass is 414 g/mol. The number of pyridine rings is 1. The second kappa shape index (κ2) is 8.89. The number of ether oxygens (including phenoxy) is 1. The second-order valence-electron chi connectivity index (χ2n) is 5.33. The second-order valence-corrected chi connectivity index (χ2v) is 7.46. The third-order valence-electron chi connectivity index (χ3n) is 3.22. The number of benzene rings is 1. The average molecular weight is 415 g/mol. The maximum absolute atomic E-state index is 12.2. The zero-order chi connectivity index (χ0) is 20.0. The molecule has 1 amide bonds. The van der Waals surface area contributed by atoms with Gasteiger partial charge in [0.15, 0.2) is 0 Å². The van der Waals surface area contributed by atoms with Crippen LogP contribution in [0.3, 0.4) is 0 Å². The Morgan fingerprint density at radius 1 is 1.22 bits per heavy atom. The zero-order valence-corrected chi connectivity index (χ0v) is 16.4. The van der Waals surface area contributed by atoms with E-state index in [1.807, 2.05) is 0 Å². The van der Waals surface area contributed by atoms with E-state index < -0.39 is 15.9 Å². The molecule has 0 saturated carbocycles. The van der Waals surface area contributed by atoms with Crippen LogP contribution in [0.4, 0.5) is 17.1 Å². The summed E-state index contributed by atoms with van der Waals surface area (Å²) in [6, 6.07) is 6.19. The summed E-state index contributed by atoms with van der Waals surface area (Å²) < 4.78 is 30.8. The zero-order valence-electron chi connectivity index (χ0n) is 14.9. The van der Waals surface area contributed by atoms with Gasteiger partial charge in [0, 0.05) is 12.3 Å². The molecule has 0 bridgehead atoms. The van der Waals surface area contributed by atoms with Crippen LogP contribution < -0.4 is 20.3 Å². The van der Waals surface area contributed by atoms with E-state index in [0.717, 1.165) is 6.26 Å². The number of aromatic nitrogens is 1. The SMILES string of the molecule is CCONC(=O)c1cnc(Cl)cc1Nc1ccc(OC)cc1NS(C)(=O)=O. The van der Waals surface area contributed by atoms with E-state index in [1.54, 1.807) is 19.1 Å². The number of hydroxylamine groups is 1. The number of anilines is 3. The summed E-state index contributed by atoms with van der Waals surface area (Å²) in [5, 5.41) is 3.14. The van der Waals surface area contributed by atoms with Crippen molar-refractivity contribution in [3.63, 3.8) is 0 Å². The van der Waals surface area contributed by atoms with Gasteiger partial charge >= 0.3 is 0 Å². The minimum atomic E-state index is -3.55. The lowest BCUT2D eigenvalue weighted by molar-refractivity contribution is 0.0365. The van der Waals surface area contributed by atoms with Crippen molar-refractivity contribution in [3.05, 3.63) is 41.2 Å². The van der Waals surface area contributed by atoms with Gasteiger partial charge in [0.25, 0.3) is 5.91 Å². The first-order chi connectivity index (χ1) is 12.7. The van der Waals surface area contributed by atoms with Crippen LogP contribution in [0.1, 0.15) is 17.3 Å². The summed E-state index contributed by atoms with van der Waals surface area (Å²) in [6.07, 6.45) is 2.31. The predicted molar refractivity (Wildman–Crippen MR) is 103 cm³/mol. The average Bonchev–Trinajstić information content (AvgIpc) is 2.60. The van der Waals surface area contributed by atoms with Crippen LogP contribution in [0.25, 0.3) is 0 Å². The van der Waals surface area contributed by atoms with Crippen molar-refractivity contribution in [1.29, 1.82) is 0 Å². The molecular formula is C16H19ClN4O5S. The highest BCUT2D eigenvalue weighted by molar-refractivity contribution is 7.92. The quantitative estimate of drug-likeness (QED) is 0.448. The Kier molecular flexibility index (Phi) is 6.83. The van der Waals surface area contributed by atoms with Crippen molar-refractivity contribution in [2.45, 2.75) is 6.92 Å². The summed E-state index contributed by atoms with van der Waals surface area (Å²) in [5.74, 6) is -0.0802. The minimum Gasteiger partial charge on any atom is -0.497 e. The first-order valence-corrected chi connectivity index (χ1v) is 10.0. The molecule has 2 rings (SSSR count). The molecule has 0 atom stereocenters. The van der Waals surface area contributed by atoms with Gasteiger partial charge in [-0.15, -0.1) is 0 Å². The van der Waals surface area contributed by atoms with Crippen molar-refractivity contribution in [1.82, 2.24) is 10.5 Å². The number of carbonyl (C=O) groups excluding carboxylic acids is 1. The van der Waals surface area contributed by atoms with Crippen LogP contribution in [0.5, 0.6) is 5.75 Å². The first-order valence-electron chi connectivity index (χ1n) is 7.74. The van der Waals surface area contributed by atoms with Crippen LogP contribution in [0.15, 0.2) is 30.5 Å². The van der Waals surface area contributed by atoms with Gasteiger partial charge in [0.1, 0.15) is 10.9 Å². The Balaban J connectivity index is 2.44. The highest BCUT2D eigenvalue weighted by Gasteiger charge is 2.16. The molecule has 0 aliphatic carbocycles. The molecule has 11 heteroatoms. The molecule has 0 fully saturated rings. The Morgan fingerprint density at radius 3 is 2.59 bits per heavy atom. The smallest absolute Gasteiger partial charge is 0.278 e. The predicted octanol–water partition coefficient (Wildman–Crippen LogP) is 2.54. The van der Waals surface area contributed by atoms with Gasteiger partial charge in [-0.3, -0.25) is 14.4 Å². The van der Waals surface area contributed by atoms with E-state index in [1.165, 1.54) is 25.4 Å². The largest absolute Gasteiger partial charge is 0.497 e. The molecule has 3 N–H and O–H groups in total. The van der Waals surface area contributed by atoms with Crippen molar-refractivity contribution in [3.8, 4) is 5.75 Å². The molecule has 9 nitrogen and oxygen atoms in total. The van der Waals surface area contributed by atoms with Crippen molar-refractivity contribution in [2.75, 3.05) is 30.0 Å². The number of carbonyl (C=O) groups is 1. The third-order valence-corrected chi connectivity index (χ3v) is 4.01. The number of nitrogens with one attached hydrogen (secondary N) is 3. The molecule has 1 heterocycles. The van der Waals surface area contributed by atoms with Crippen LogP contribution in [0.2, 0.25) is 5.15 Å². The van der Waals surface area contributed by atoms with Crippen LogP contribution in [0, 0.1) is 0 Å². The van der Waals surface area contributed by atoms with Crippen molar-refractivity contribution in [2.24, 2.45) is 0 Å². The molecule has 146 valence electrons. The van der Waals surface area contributed by atoms with E-state index in [-0.39, 0.29) is 23.0 Å². The lowest BCUT2D eigenvalue weighted by Crippen LogP contribution is -2.24. The lowest BCUT2D eigenvalue weighted by atomic mass is 10.2. The van der Waals surface area contributed by atoms with Crippen LogP contribution >= 0.6 is 11.6 Å². The normalized spacial score (nSPS) is 11.0. The van der Waals surface area contributed by atoms with Gasteiger partial charge in [-0.05, 0) is 25.1 Å². The molecular weight excluding hydrogens is 396 g/mol. The molecule has 0 spiro atoms. The number of nitrogens with zero attached hydrogens (tertiary/aromatic N) is 1. The number of amides is 1. The number of methoxy groups -OCH3 is 1. The van der Waals surface area contributed by atoms with Crippen molar-refractivity contribution < 1.29 is 22.8 Å². The van der Waals surface area contributed by atoms with Gasteiger partial charge < -0.3 is 10.1 Å². The topological polar surface area (TPSA) is 119 Å². The van der Waals surface area contributed by atoms with Gasteiger partial charge in [-0.25, -0.2) is 18.9 Å². The number of sulfonamides is 1. The lowest BCUT2D eigenvalue weighted by Gasteiger charge is -2.16. The summed E-state index contributed by atoms with van der Waals surface area (Å²) >= 11 is 5.94. The number of hydrogen-bond acceptors (Lipinski definition) is 7. The van der Waals surface area contributed by atoms with Gasteiger partial charge in [0.05, 0.1) is 42.6 Å². The number of halogens is 1. The molecule has 0 aliphatic heterocycles. The van der Waals surface area contributed by atoms with E-state index >= 15 is 0 Å². The molecule has 1 aromatic heterocycles. The summed E-state index contributed by atoms with van der Waals surface area (Å²) in [6.45, 7) is 2.01. The highest BCUT2D eigenvalue weighted by atomic mass is 35.5. The van der Waals surface area contributed by atoms with E-state index in [2.05, 4.69) is 20.5 Å². The fourth-order valence-corrected chi connectivity index (χ4v) is 2.82. The molecule has 0 unspecified atom stereocenters. The molecule has 0 saturated heterocycles. The standard InChI is InChI=1S/C16H19ClN4O5S/c1-4-26-20-16(22)11-9-18-15(17)8-13(11)19-12-6-5-10(25-2)7-14(12)21-27(3,23)24/h5-9,21H,4H2,1-3H3,(H,18,19)(H,20,22). The van der Waals surface area contributed by atoms with E-state index in [4.69, 9.17) is 21.2 Å². The number of hydrogen-bond donors (Lipinski definition) is 3. The van der Waals surface area contributed by atoms with Gasteiger partial charge in [0.2, 0.25) is 10.0 Å². The number of rotatable bonds is 8. The Labute approximate surface area is 162 Å². The fraction of sp³-hybridized carbons (Fsp3) is 0.250. The molecule has 2 aromatic rings. The minimum absolute atomic E-state index is 0.150. The molecule has 1 aromatic carbocycles. The van der Waals surface area contributed by atoms with Crippen LogP contribution in [-0.2, 0) is 14.9 Å². The van der Waals surface area contributed by atoms with Crippen molar-refractivity contribution >= 4 is 44.6 Å². The Bertz CT molecular complexity index is 936. The highest BCUT2D eigenvalue weighted by Crippen LogP contribution is 2.32. The maximum atomic E-state index is 12.2. The summed E-state index contributed by atoms with van der Waals surface area (Å²) in [7, 11) is -2.08.